The van der Waals surface area contributed by atoms with E-state index in [0.29, 0.717) is 12.5 Å². The number of ether oxygens (including phenoxy) is 2. The first-order chi connectivity index (χ1) is 8.83. The van der Waals surface area contributed by atoms with Crippen molar-refractivity contribution < 1.29 is 13.9 Å². The maximum atomic E-state index is 5.94. The maximum Gasteiger partial charge on any atom is 0.122 e. The molecule has 3 heterocycles. The van der Waals surface area contributed by atoms with E-state index in [4.69, 9.17) is 19.7 Å². The molecule has 5 nitrogen and oxygen atoms in total. The van der Waals surface area contributed by atoms with Gasteiger partial charge in [-0.2, -0.15) is 0 Å². The van der Waals surface area contributed by atoms with E-state index in [0.717, 1.165) is 38.2 Å². The van der Waals surface area contributed by atoms with Gasteiger partial charge in [0.05, 0.1) is 24.5 Å². The van der Waals surface area contributed by atoms with Crippen LogP contribution in [0, 0.1) is 5.92 Å². The van der Waals surface area contributed by atoms with Crippen molar-refractivity contribution in [3.05, 3.63) is 24.2 Å². The molecule has 0 aliphatic carbocycles. The van der Waals surface area contributed by atoms with Crippen molar-refractivity contribution in [2.75, 3.05) is 19.8 Å². The van der Waals surface area contributed by atoms with E-state index in [2.05, 4.69) is 5.43 Å². The molecule has 0 aromatic carbocycles. The Bertz CT molecular complexity index is 374. The Labute approximate surface area is 107 Å². The number of furan rings is 1. The Kier molecular flexibility index (Phi) is 3.39. The van der Waals surface area contributed by atoms with Gasteiger partial charge in [-0.05, 0) is 30.9 Å². The van der Waals surface area contributed by atoms with Gasteiger partial charge in [0, 0.05) is 19.6 Å². The standard InChI is InChI=1S/C13H20N2O3/c14-15-12(11-2-1-5-17-11)10-3-6-18-13(8-10)4-7-16-9-13/h1-2,5,10,12,15H,3-4,6-9,14H2. The summed E-state index contributed by atoms with van der Waals surface area (Å²) in [6, 6.07) is 3.92. The molecule has 2 fully saturated rings. The molecule has 18 heavy (non-hydrogen) atoms. The second kappa shape index (κ2) is 5.01. The molecule has 0 saturated carbocycles. The fourth-order valence-corrected chi connectivity index (χ4v) is 3.13. The molecule has 2 saturated heterocycles. The van der Waals surface area contributed by atoms with Gasteiger partial charge in [0.1, 0.15) is 5.76 Å². The van der Waals surface area contributed by atoms with Crippen LogP contribution < -0.4 is 11.3 Å². The molecule has 100 valence electrons. The van der Waals surface area contributed by atoms with Crippen LogP contribution in [-0.2, 0) is 9.47 Å². The number of nitrogens with two attached hydrogens (primary N) is 1. The quantitative estimate of drug-likeness (QED) is 0.628. The summed E-state index contributed by atoms with van der Waals surface area (Å²) in [4.78, 5) is 0. The van der Waals surface area contributed by atoms with E-state index in [9.17, 15) is 0 Å². The Morgan fingerprint density at radius 3 is 3.06 bits per heavy atom. The molecule has 2 aliphatic rings. The molecule has 0 bridgehead atoms. The average molecular weight is 252 g/mol. The van der Waals surface area contributed by atoms with Gasteiger partial charge in [-0.1, -0.05) is 0 Å². The fourth-order valence-electron chi connectivity index (χ4n) is 3.13. The maximum absolute atomic E-state index is 5.94. The lowest BCUT2D eigenvalue weighted by Crippen LogP contribution is -2.45. The van der Waals surface area contributed by atoms with Crippen LogP contribution in [0.4, 0.5) is 0 Å². The molecule has 3 rings (SSSR count). The topological polar surface area (TPSA) is 69.7 Å². The minimum Gasteiger partial charge on any atom is -0.468 e. The largest absolute Gasteiger partial charge is 0.468 e. The lowest BCUT2D eigenvalue weighted by molar-refractivity contribution is -0.104. The highest BCUT2D eigenvalue weighted by Crippen LogP contribution is 2.40. The van der Waals surface area contributed by atoms with E-state index in [1.54, 1.807) is 6.26 Å². The summed E-state index contributed by atoms with van der Waals surface area (Å²) < 4.78 is 16.9. The second-order valence-corrected chi connectivity index (χ2v) is 5.25. The van der Waals surface area contributed by atoms with Crippen molar-refractivity contribution in [3.63, 3.8) is 0 Å². The summed E-state index contributed by atoms with van der Waals surface area (Å²) in [5.74, 6) is 7.03. The highest BCUT2D eigenvalue weighted by Gasteiger charge is 2.43. The fraction of sp³-hybridized carbons (Fsp3) is 0.692. The van der Waals surface area contributed by atoms with Gasteiger partial charge in [0.15, 0.2) is 0 Å². The number of hydrogen-bond donors (Lipinski definition) is 2. The predicted octanol–water partition coefficient (Wildman–Crippen LogP) is 1.37. The monoisotopic (exact) mass is 252 g/mol. The zero-order valence-corrected chi connectivity index (χ0v) is 10.4. The van der Waals surface area contributed by atoms with Crippen LogP contribution in [0.3, 0.4) is 0 Å². The minimum absolute atomic E-state index is 0.0568. The molecular formula is C13H20N2O3. The minimum atomic E-state index is -0.0926. The van der Waals surface area contributed by atoms with Crippen LogP contribution in [0.5, 0.6) is 0 Å². The molecule has 1 aromatic heterocycles. The third kappa shape index (κ3) is 2.19. The normalized spacial score (nSPS) is 33.9. The van der Waals surface area contributed by atoms with Crippen LogP contribution in [0.15, 0.2) is 22.8 Å². The number of nitrogens with one attached hydrogen (secondary N) is 1. The van der Waals surface area contributed by atoms with Crippen molar-refractivity contribution in [2.45, 2.75) is 30.9 Å². The van der Waals surface area contributed by atoms with Crippen molar-refractivity contribution in [3.8, 4) is 0 Å². The third-order valence-electron chi connectivity index (χ3n) is 4.10. The smallest absolute Gasteiger partial charge is 0.122 e. The number of rotatable bonds is 3. The van der Waals surface area contributed by atoms with Gasteiger partial charge >= 0.3 is 0 Å². The molecule has 1 aromatic rings. The molecule has 2 aliphatic heterocycles. The molecule has 0 radical (unpaired) electrons. The molecule has 3 N–H and O–H groups in total. The summed E-state index contributed by atoms with van der Waals surface area (Å²) in [6.07, 6.45) is 4.65. The van der Waals surface area contributed by atoms with E-state index in [1.807, 2.05) is 12.1 Å². The van der Waals surface area contributed by atoms with Gasteiger partial charge < -0.3 is 13.9 Å². The van der Waals surface area contributed by atoms with Crippen molar-refractivity contribution in [2.24, 2.45) is 11.8 Å². The summed E-state index contributed by atoms with van der Waals surface area (Å²) in [7, 11) is 0. The molecule has 0 amide bonds. The summed E-state index contributed by atoms with van der Waals surface area (Å²) in [5.41, 5.74) is 2.80. The van der Waals surface area contributed by atoms with Crippen molar-refractivity contribution >= 4 is 0 Å². The van der Waals surface area contributed by atoms with Crippen molar-refractivity contribution in [1.29, 1.82) is 0 Å². The average Bonchev–Trinajstić information content (AvgIpc) is 3.03. The predicted molar refractivity (Wildman–Crippen MR) is 65.6 cm³/mol. The Morgan fingerprint density at radius 2 is 2.39 bits per heavy atom. The van der Waals surface area contributed by atoms with E-state index in [-0.39, 0.29) is 11.6 Å². The highest BCUT2D eigenvalue weighted by molar-refractivity contribution is 5.07. The Balaban J connectivity index is 1.74. The Hall–Kier alpha value is -0.880. The summed E-state index contributed by atoms with van der Waals surface area (Å²) in [5, 5.41) is 0. The zero-order chi connectivity index (χ0) is 12.4. The first-order valence-electron chi connectivity index (χ1n) is 6.54. The molecule has 1 spiro atoms. The molecular weight excluding hydrogens is 232 g/mol. The first kappa shape index (κ1) is 12.2. The van der Waals surface area contributed by atoms with Gasteiger partial charge in [0.2, 0.25) is 0 Å². The van der Waals surface area contributed by atoms with Crippen LogP contribution in [0.2, 0.25) is 0 Å². The number of hydrogen-bond acceptors (Lipinski definition) is 5. The summed E-state index contributed by atoms with van der Waals surface area (Å²) in [6.45, 7) is 2.28. The van der Waals surface area contributed by atoms with Crippen molar-refractivity contribution in [1.82, 2.24) is 5.43 Å². The number of hydrazine groups is 1. The van der Waals surface area contributed by atoms with Gasteiger partial charge in [0.25, 0.3) is 0 Å². The highest BCUT2D eigenvalue weighted by atomic mass is 16.6. The van der Waals surface area contributed by atoms with Crippen LogP contribution in [0.1, 0.15) is 31.1 Å². The SMILES string of the molecule is NNC(c1ccco1)C1CCOC2(CCOC2)C1. The molecule has 3 atom stereocenters. The summed E-state index contributed by atoms with van der Waals surface area (Å²) >= 11 is 0. The van der Waals surface area contributed by atoms with Crippen LogP contribution >= 0.6 is 0 Å². The lowest BCUT2D eigenvalue weighted by Gasteiger charge is -2.39. The zero-order valence-electron chi connectivity index (χ0n) is 10.4. The van der Waals surface area contributed by atoms with Crippen LogP contribution in [-0.4, -0.2) is 25.4 Å². The van der Waals surface area contributed by atoms with Gasteiger partial charge in [-0.3, -0.25) is 5.84 Å². The van der Waals surface area contributed by atoms with E-state index < -0.39 is 0 Å². The van der Waals surface area contributed by atoms with Gasteiger partial charge in [-0.25, -0.2) is 5.43 Å². The van der Waals surface area contributed by atoms with E-state index >= 15 is 0 Å². The van der Waals surface area contributed by atoms with Crippen LogP contribution in [0.25, 0.3) is 0 Å². The van der Waals surface area contributed by atoms with Gasteiger partial charge in [-0.15, -0.1) is 0 Å². The third-order valence-corrected chi connectivity index (χ3v) is 4.10. The van der Waals surface area contributed by atoms with E-state index in [1.165, 1.54) is 0 Å². The lowest BCUT2D eigenvalue weighted by atomic mass is 9.80. The molecule has 3 unspecified atom stereocenters. The molecule has 5 heteroatoms. The Morgan fingerprint density at radius 1 is 1.44 bits per heavy atom. The first-order valence-corrected chi connectivity index (χ1v) is 6.54. The second-order valence-electron chi connectivity index (χ2n) is 5.25.